The van der Waals surface area contributed by atoms with Crippen LogP contribution in [-0.4, -0.2) is 30.4 Å². The van der Waals surface area contributed by atoms with E-state index < -0.39 is 0 Å². The molecule has 1 saturated heterocycles. The van der Waals surface area contributed by atoms with Gasteiger partial charge in [-0.25, -0.2) is 4.39 Å². The molecule has 1 amide bonds. The van der Waals surface area contributed by atoms with Crippen molar-refractivity contribution in [1.29, 1.82) is 0 Å². The maximum Gasteiger partial charge on any atom is 0.261 e. The van der Waals surface area contributed by atoms with Crippen molar-refractivity contribution in [3.8, 4) is 0 Å². The topological polar surface area (TPSA) is 32.3 Å². The van der Waals surface area contributed by atoms with Crippen molar-refractivity contribution in [1.82, 2.24) is 10.2 Å². The van der Waals surface area contributed by atoms with E-state index in [1.165, 1.54) is 41.2 Å². The van der Waals surface area contributed by atoms with Crippen LogP contribution in [0.1, 0.15) is 33.4 Å². The number of likely N-dealkylation sites (tertiary alicyclic amines) is 1. The van der Waals surface area contributed by atoms with Crippen LogP contribution in [0.3, 0.4) is 0 Å². The Balaban J connectivity index is 1.48. The van der Waals surface area contributed by atoms with Crippen molar-refractivity contribution in [2.45, 2.75) is 18.9 Å². The highest BCUT2D eigenvalue weighted by molar-refractivity contribution is 7.20. The van der Waals surface area contributed by atoms with Crippen LogP contribution < -0.4 is 5.32 Å². The molecule has 1 unspecified atom stereocenters. The molecule has 0 saturated carbocycles. The number of benzene rings is 1. The highest BCUT2D eigenvalue weighted by Gasteiger charge is 2.25. The van der Waals surface area contributed by atoms with Crippen LogP contribution in [-0.2, 0) is 0 Å². The van der Waals surface area contributed by atoms with Crippen LogP contribution in [0, 0.1) is 5.82 Å². The summed E-state index contributed by atoms with van der Waals surface area (Å²) in [5, 5.41) is 5.95. The van der Waals surface area contributed by atoms with Gasteiger partial charge >= 0.3 is 0 Å². The van der Waals surface area contributed by atoms with Crippen molar-refractivity contribution in [2.75, 3.05) is 19.6 Å². The van der Waals surface area contributed by atoms with Crippen LogP contribution in [0.4, 0.5) is 4.39 Å². The van der Waals surface area contributed by atoms with Gasteiger partial charge in [0, 0.05) is 16.1 Å². The summed E-state index contributed by atoms with van der Waals surface area (Å²) in [5.41, 5.74) is 0. The van der Waals surface area contributed by atoms with E-state index in [-0.39, 0.29) is 17.8 Å². The highest BCUT2D eigenvalue weighted by Crippen LogP contribution is 2.29. The zero-order valence-corrected chi connectivity index (χ0v) is 15.3. The van der Waals surface area contributed by atoms with Gasteiger partial charge in [0.05, 0.1) is 10.9 Å². The Morgan fingerprint density at radius 1 is 1.24 bits per heavy atom. The summed E-state index contributed by atoms with van der Waals surface area (Å²) >= 11 is 3.14. The summed E-state index contributed by atoms with van der Waals surface area (Å²) in [6, 6.07) is 10.8. The van der Waals surface area contributed by atoms with E-state index in [1.807, 2.05) is 0 Å². The van der Waals surface area contributed by atoms with Crippen molar-refractivity contribution < 1.29 is 9.18 Å². The zero-order valence-electron chi connectivity index (χ0n) is 13.7. The Kier molecular flexibility index (Phi) is 4.83. The summed E-state index contributed by atoms with van der Waals surface area (Å²) in [6.07, 6.45) is 2.44. The Morgan fingerprint density at radius 2 is 2.08 bits per heavy atom. The zero-order chi connectivity index (χ0) is 17.2. The second-order valence-electron chi connectivity index (χ2n) is 6.28. The molecule has 3 nitrogen and oxygen atoms in total. The molecule has 0 radical (unpaired) electrons. The lowest BCUT2D eigenvalue weighted by molar-refractivity contribution is 0.0942. The van der Waals surface area contributed by atoms with Crippen molar-refractivity contribution in [3.63, 3.8) is 0 Å². The van der Waals surface area contributed by atoms with Crippen LogP contribution >= 0.6 is 22.7 Å². The van der Waals surface area contributed by atoms with Gasteiger partial charge in [-0.2, -0.15) is 0 Å². The first kappa shape index (κ1) is 16.7. The third-order valence-electron chi connectivity index (χ3n) is 4.61. The first-order valence-corrected chi connectivity index (χ1v) is 10.1. The van der Waals surface area contributed by atoms with Gasteiger partial charge in [-0.05, 0) is 67.0 Å². The fraction of sp³-hybridized carbons (Fsp3) is 0.316. The average molecular weight is 375 g/mol. The number of carbonyl (C=O) groups excluding carboxylic acids is 1. The minimum atomic E-state index is -0.274. The lowest BCUT2D eigenvalue weighted by Crippen LogP contribution is -2.36. The van der Waals surface area contributed by atoms with Gasteiger partial charge < -0.3 is 5.32 Å². The predicted molar refractivity (Wildman–Crippen MR) is 102 cm³/mol. The Hall–Kier alpha value is -1.76. The molecule has 130 valence electrons. The number of amides is 1. The number of nitrogens with one attached hydrogen (secondary N) is 1. The standard InChI is InChI=1S/C19H19FN2OS2/c20-14-5-6-16-13(10-14)11-18(25-16)19(23)21-12-15(17-4-3-9-24-17)22-7-1-2-8-22/h3-6,9-11,15H,1-2,7-8,12H2,(H,21,23). The molecule has 25 heavy (non-hydrogen) atoms. The Labute approximate surface area is 154 Å². The predicted octanol–water partition coefficient (Wildman–Crippen LogP) is 4.67. The molecule has 1 atom stereocenters. The molecule has 6 heteroatoms. The molecule has 1 aliphatic rings. The average Bonchev–Trinajstić information content (AvgIpc) is 3.36. The van der Waals surface area contributed by atoms with Crippen LogP contribution in [0.15, 0.2) is 41.8 Å². The maximum absolute atomic E-state index is 13.3. The van der Waals surface area contributed by atoms with E-state index in [2.05, 4.69) is 27.7 Å². The molecule has 1 N–H and O–H groups in total. The van der Waals surface area contributed by atoms with E-state index in [0.717, 1.165) is 23.2 Å². The maximum atomic E-state index is 13.3. The summed E-state index contributed by atoms with van der Waals surface area (Å²) in [6.45, 7) is 2.77. The number of nitrogens with zero attached hydrogens (tertiary/aromatic N) is 1. The highest BCUT2D eigenvalue weighted by atomic mass is 32.1. The van der Waals surface area contributed by atoms with E-state index >= 15 is 0 Å². The summed E-state index contributed by atoms with van der Waals surface area (Å²) < 4.78 is 14.3. The second-order valence-corrected chi connectivity index (χ2v) is 8.34. The lowest BCUT2D eigenvalue weighted by atomic mass is 10.2. The van der Waals surface area contributed by atoms with Gasteiger partial charge in [-0.3, -0.25) is 9.69 Å². The number of thiophene rings is 2. The molecular weight excluding hydrogens is 355 g/mol. The fourth-order valence-electron chi connectivity index (χ4n) is 3.35. The number of hydrogen-bond donors (Lipinski definition) is 1. The summed E-state index contributed by atoms with van der Waals surface area (Å²) in [4.78, 5) is 17.0. The summed E-state index contributed by atoms with van der Waals surface area (Å²) in [7, 11) is 0. The number of hydrogen-bond acceptors (Lipinski definition) is 4. The van der Waals surface area contributed by atoms with Gasteiger partial charge in [0.15, 0.2) is 0 Å². The van der Waals surface area contributed by atoms with Crippen molar-refractivity contribution in [3.05, 3.63) is 57.3 Å². The molecule has 4 rings (SSSR count). The first-order valence-electron chi connectivity index (χ1n) is 8.45. The fourth-order valence-corrected chi connectivity index (χ4v) is 5.17. The lowest BCUT2D eigenvalue weighted by Gasteiger charge is -2.26. The SMILES string of the molecule is O=C(NCC(c1cccs1)N1CCCC1)c1cc2cc(F)ccc2s1. The second kappa shape index (κ2) is 7.23. The molecule has 0 spiro atoms. The van der Waals surface area contributed by atoms with Crippen LogP contribution in [0.25, 0.3) is 10.1 Å². The van der Waals surface area contributed by atoms with Crippen LogP contribution in [0.5, 0.6) is 0 Å². The summed E-state index contributed by atoms with van der Waals surface area (Å²) in [5.74, 6) is -0.355. The molecule has 0 bridgehead atoms. The third-order valence-corrected chi connectivity index (χ3v) is 6.70. The van der Waals surface area contributed by atoms with Gasteiger partial charge in [-0.1, -0.05) is 6.07 Å². The van der Waals surface area contributed by atoms with Gasteiger partial charge in [0.2, 0.25) is 0 Å². The smallest absolute Gasteiger partial charge is 0.261 e. The van der Waals surface area contributed by atoms with Crippen molar-refractivity contribution >= 4 is 38.7 Å². The van der Waals surface area contributed by atoms with E-state index in [9.17, 15) is 9.18 Å². The van der Waals surface area contributed by atoms with Gasteiger partial charge in [0.1, 0.15) is 5.82 Å². The van der Waals surface area contributed by atoms with Gasteiger partial charge in [0.25, 0.3) is 5.91 Å². The monoisotopic (exact) mass is 374 g/mol. The number of carbonyl (C=O) groups is 1. The van der Waals surface area contributed by atoms with Crippen LogP contribution in [0.2, 0.25) is 0 Å². The quantitative estimate of drug-likeness (QED) is 0.704. The van der Waals surface area contributed by atoms with E-state index in [1.54, 1.807) is 23.5 Å². The minimum absolute atomic E-state index is 0.0811. The molecular formula is C19H19FN2OS2. The van der Waals surface area contributed by atoms with E-state index in [4.69, 9.17) is 0 Å². The molecule has 1 aromatic carbocycles. The number of halogens is 1. The molecule has 3 heterocycles. The van der Waals surface area contributed by atoms with Crippen molar-refractivity contribution in [2.24, 2.45) is 0 Å². The molecule has 2 aromatic heterocycles. The first-order chi connectivity index (χ1) is 12.2. The third kappa shape index (κ3) is 3.61. The Bertz CT molecular complexity index is 869. The molecule has 3 aromatic rings. The van der Waals surface area contributed by atoms with E-state index in [0.29, 0.717) is 11.4 Å². The number of fused-ring (bicyclic) bond motifs is 1. The normalized spacial score (nSPS) is 16.4. The number of rotatable bonds is 5. The largest absolute Gasteiger partial charge is 0.349 e. The molecule has 0 aliphatic carbocycles. The molecule has 1 aliphatic heterocycles. The Morgan fingerprint density at radius 3 is 2.84 bits per heavy atom. The minimum Gasteiger partial charge on any atom is -0.349 e. The molecule has 1 fully saturated rings. The van der Waals surface area contributed by atoms with Gasteiger partial charge in [-0.15, -0.1) is 22.7 Å².